The van der Waals surface area contributed by atoms with Crippen LogP contribution in [0.15, 0.2) is 114 Å². The van der Waals surface area contributed by atoms with E-state index in [2.05, 4.69) is 109 Å². The average molecular weight is 440 g/mol. The normalized spacial score (nSPS) is 10.9. The van der Waals surface area contributed by atoms with Crippen molar-refractivity contribution in [3.8, 4) is 33.9 Å². The molecule has 5 rings (SSSR count). The molecule has 0 amide bonds. The molecule has 0 unspecified atom stereocenters. The van der Waals surface area contributed by atoms with Crippen molar-refractivity contribution in [2.75, 3.05) is 0 Å². The second-order valence-electron chi connectivity index (χ2n) is 6.73. The molecule has 0 saturated heterocycles. The maximum atomic E-state index is 4.38. The number of rotatable bonds is 4. The van der Waals surface area contributed by atoms with Gasteiger partial charge in [-0.2, -0.15) is 0 Å². The van der Waals surface area contributed by atoms with Gasteiger partial charge < -0.3 is 4.57 Å². The van der Waals surface area contributed by atoms with E-state index in [1.165, 1.54) is 0 Å². The fourth-order valence-electron chi connectivity index (χ4n) is 3.69. The summed E-state index contributed by atoms with van der Waals surface area (Å²) >= 11 is 3.60. The zero-order chi connectivity index (χ0) is 19.6. The van der Waals surface area contributed by atoms with Crippen LogP contribution in [0.1, 0.15) is 0 Å². The molecule has 0 aliphatic heterocycles. The Morgan fingerprint density at radius 1 is 0.690 bits per heavy atom. The first-order chi connectivity index (χ1) is 14.3. The first kappa shape index (κ1) is 17.7. The molecule has 29 heavy (non-hydrogen) atoms. The minimum absolute atomic E-state index is 0.777. The number of para-hydroxylation sites is 1. The Morgan fingerprint density at radius 3 is 1.86 bits per heavy atom. The van der Waals surface area contributed by atoms with E-state index in [9.17, 15) is 0 Å². The highest BCUT2D eigenvalue weighted by Crippen LogP contribution is 2.38. The van der Waals surface area contributed by atoms with Gasteiger partial charge in [0.2, 0.25) is 0 Å². The van der Waals surface area contributed by atoms with Gasteiger partial charge in [0.15, 0.2) is 4.73 Å². The van der Waals surface area contributed by atoms with Crippen LogP contribution < -0.4 is 0 Å². The lowest BCUT2D eigenvalue weighted by Gasteiger charge is -2.15. The van der Waals surface area contributed by atoms with Crippen LogP contribution in [-0.2, 0) is 0 Å². The number of halogens is 1. The van der Waals surface area contributed by atoms with Crippen molar-refractivity contribution >= 4 is 15.9 Å². The third-order valence-electron chi connectivity index (χ3n) is 4.97. The molecule has 0 radical (unpaired) electrons. The van der Waals surface area contributed by atoms with E-state index in [-0.39, 0.29) is 0 Å². The number of aromatic nitrogens is 3. The molecular formula is C25H18BrN3. The van der Waals surface area contributed by atoms with Gasteiger partial charge in [0.05, 0.1) is 17.1 Å². The fraction of sp³-hybridized carbons (Fsp3) is 0. The Bertz CT molecular complexity index is 1240. The van der Waals surface area contributed by atoms with Crippen LogP contribution in [-0.4, -0.2) is 14.1 Å². The first-order valence-corrected chi connectivity index (χ1v) is 10.2. The van der Waals surface area contributed by atoms with Gasteiger partial charge >= 0.3 is 0 Å². The first-order valence-electron chi connectivity index (χ1n) is 9.44. The Hall–Kier alpha value is -3.37. The third kappa shape index (κ3) is 3.22. The van der Waals surface area contributed by atoms with Crippen molar-refractivity contribution in [2.24, 2.45) is 0 Å². The highest BCUT2D eigenvalue weighted by atomic mass is 79.9. The van der Waals surface area contributed by atoms with Crippen LogP contribution in [0.4, 0.5) is 0 Å². The Kier molecular flexibility index (Phi) is 4.62. The molecule has 140 valence electrons. The van der Waals surface area contributed by atoms with E-state index >= 15 is 0 Å². The Labute approximate surface area is 178 Å². The molecule has 4 heteroatoms. The summed E-state index contributed by atoms with van der Waals surface area (Å²) in [5.41, 5.74) is 6.75. The lowest BCUT2D eigenvalue weighted by Crippen LogP contribution is -2.01. The summed E-state index contributed by atoms with van der Waals surface area (Å²) in [7, 11) is 0. The summed E-state index contributed by atoms with van der Waals surface area (Å²) in [6.07, 6.45) is 3.79. The zero-order valence-corrected chi connectivity index (χ0v) is 17.2. The molecule has 0 bridgehead atoms. The van der Waals surface area contributed by atoms with Crippen molar-refractivity contribution in [1.29, 1.82) is 0 Å². The lowest BCUT2D eigenvalue weighted by atomic mass is 10.1. The van der Waals surface area contributed by atoms with E-state index in [1.54, 1.807) is 6.20 Å². The van der Waals surface area contributed by atoms with Crippen molar-refractivity contribution in [1.82, 2.24) is 14.1 Å². The van der Waals surface area contributed by atoms with E-state index < -0.39 is 0 Å². The maximum Gasteiger partial charge on any atom is 0.181 e. The molecule has 5 aromatic rings. The third-order valence-corrected chi connectivity index (χ3v) is 5.55. The van der Waals surface area contributed by atoms with Crippen molar-refractivity contribution < 1.29 is 0 Å². The minimum atomic E-state index is 0.777. The van der Waals surface area contributed by atoms with Crippen molar-refractivity contribution in [3.05, 3.63) is 114 Å². The van der Waals surface area contributed by atoms with Crippen LogP contribution in [0.2, 0.25) is 0 Å². The van der Waals surface area contributed by atoms with Gasteiger partial charge in [-0.15, -0.1) is 0 Å². The van der Waals surface area contributed by atoms with Gasteiger partial charge in [0.1, 0.15) is 0 Å². The quantitative estimate of drug-likeness (QED) is 0.303. The summed E-state index contributed by atoms with van der Waals surface area (Å²) in [5, 5.41) is 0. The summed E-state index contributed by atoms with van der Waals surface area (Å²) in [6, 6.07) is 33.7. The predicted octanol–water partition coefficient (Wildman–Crippen LogP) is 6.76. The van der Waals surface area contributed by atoms with Crippen LogP contribution in [0.25, 0.3) is 33.9 Å². The van der Waals surface area contributed by atoms with Gasteiger partial charge in [-0.05, 0) is 39.7 Å². The van der Waals surface area contributed by atoms with E-state index in [4.69, 9.17) is 0 Å². The molecular weight excluding hydrogens is 422 g/mol. The molecule has 2 heterocycles. The van der Waals surface area contributed by atoms with Gasteiger partial charge in [-0.25, -0.2) is 4.98 Å². The van der Waals surface area contributed by atoms with Gasteiger partial charge in [-0.3, -0.25) is 4.57 Å². The summed E-state index contributed by atoms with van der Waals surface area (Å²) in [6.45, 7) is 0. The number of hydrogen-bond donors (Lipinski definition) is 0. The Balaban J connectivity index is 1.90. The van der Waals surface area contributed by atoms with Crippen LogP contribution in [0.3, 0.4) is 0 Å². The zero-order valence-electron chi connectivity index (χ0n) is 15.6. The second kappa shape index (κ2) is 7.57. The summed E-state index contributed by atoms with van der Waals surface area (Å²) in [5.74, 6) is 0. The van der Waals surface area contributed by atoms with Gasteiger partial charge in [0.25, 0.3) is 0 Å². The standard InChI is InChI=1S/C25H18BrN3/c26-25-27-16-17-28(25)23-18-22(19-10-4-1-5-11-19)29(21-14-8-3-9-15-21)24(23)20-12-6-2-7-13-20/h1-18H. The smallest absolute Gasteiger partial charge is 0.181 e. The molecule has 3 nitrogen and oxygen atoms in total. The van der Waals surface area contributed by atoms with Crippen molar-refractivity contribution in [3.63, 3.8) is 0 Å². The molecule has 0 spiro atoms. The molecule has 2 aromatic heterocycles. The number of imidazole rings is 1. The molecule has 0 aliphatic rings. The maximum absolute atomic E-state index is 4.38. The highest BCUT2D eigenvalue weighted by Gasteiger charge is 2.21. The van der Waals surface area contributed by atoms with Crippen molar-refractivity contribution in [2.45, 2.75) is 0 Å². The molecule has 0 fully saturated rings. The average Bonchev–Trinajstić information content (AvgIpc) is 3.39. The highest BCUT2D eigenvalue weighted by molar-refractivity contribution is 9.10. The number of benzene rings is 3. The minimum Gasteiger partial charge on any atom is -0.307 e. The monoisotopic (exact) mass is 439 g/mol. The van der Waals surface area contributed by atoms with Crippen LogP contribution in [0.5, 0.6) is 0 Å². The van der Waals surface area contributed by atoms with E-state index in [0.717, 1.165) is 38.6 Å². The van der Waals surface area contributed by atoms with Gasteiger partial charge in [0, 0.05) is 23.6 Å². The SMILES string of the molecule is Brc1nccn1-c1cc(-c2ccccc2)n(-c2ccccc2)c1-c1ccccc1. The summed E-state index contributed by atoms with van der Waals surface area (Å²) < 4.78 is 5.18. The number of hydrogen-bond acceptors (Lipinski definition) is 1. The Morgan fingerprint density at radius 2 is 1.28 bits per heavy atom. The summed E-state index contributed by atoms with van der Waals surface area (Å²) in [4.78, 5) is 4.38. The topological polar surface area (TPSA) is 22.8 Å². The number of nitrogens with zero attached hydrogens (tertiary/aromatic N) is 3. The molecule has 0 aliphatic carbocycles. The second-order valence-corrected chi connectivity index (χ2v) is 7.44. The van der Waals surface area contributed by atoms with Crippen LogP contribution in [0, 0.1) is 0 Å². The van der Waals surface area contributed by atoms with E-state index in [1.807, 2.05) is 24.4 Å². The predicted molar refractivity (Wildman–Crippen MR) is 121 cm³/mol. The molecule has 3 aromatic carbocycles. The van der Waals surface area contributed by atoms with Crippen LogP contribution >= 0.6 is 15.9 Å². The largest absolute Gasteiger partial charge is 0.307 e. The molecule has 0 atom stereocenters. The van der Waals surface area contributed by atoms with E-state index in [0.29, 0.717) is 0 Å². The molecule has 0 saturated carbocycles. The fourth-order valence-corrected chi connectivity index (χ4v) is 4.11. The lowest BCUT2D eigenvalue weighted by molar-refractivity contribution is 1.01. The molecule has 0 N–H and O–H groups in total. The van der Waals surface area contributed by atoms with Gasteiger partial charge in [-0.1, -0.05) is 78.9 Å².